The average molecular weight is 292 g/mol. The van der Waals surface area contributed by atoms with Crippen LogP contribution in [0.3, 0.4) is 0 Å². The molecule has 1 unspecified atom stereocenters. The summed E-state index contributed by atoms with van der Waals surface area (Å²) in [5.74, 6) is -1.11. The van der Waals surface area contributed by atoms with E-state index in [1.807, 2.05) is 36.4 Å². The molecule has 0 aliphatic rings. The lowest BCUT2D eigenvalue weighted by molar-refractivity contribution is 0.0694. The molecule has 3 heteroatoms. The van der Waals surface area contributed by atoms with E-state index in [0.717, 1.165) is 16.3 Å². The third-order valence-electron chi connectivity index (χ3n) is 4.01. The molecule has 110 valence electrons. The van der Waals surface area contributed by atoms with Crippen LogP contribution < -0.4 is 0 Å². The first-order valence-corrected chi connectivity index (χ1v) is 7.11. The highest BCUT2D eigenvalue weighted by molar-refractivity contribution is 5.97. The Morgan fingerprint density at radius 3 is 2.32 bits per heavy atom. The van der Waals surface area contributed by atoms with Crippen LogP contribution in [0, 0.1) is 0 Å². The lowest BCUT2D eigenvalue weighted by Gasteiger charge is -2.14. The molecule has 0 fully saturated rings. The predicted molar refractivity (Wildman–Crippen MR) is 86.5 cm³/mol. The molecule has 3 rings (SSSR count). The Kier molecular flexibility index (Phi) is 3.55. The first-order chi connectivity index (χ1) is 10.6. The second kappa shape index (κ2) is 5.53. The number of hydrogen-bond donors (Lipinski definition) is 2. The highest BCUT2D eigenvalue weighted by Crippen LogP contribution is 2.30. The van der Waals surface area contributed by atoms with Gasteiger partial charge < -0.3 is 10.2 Å². The first-order valence-electron chi connectivity index (χ1n) is 7.11. The van der Waals surface area contributed by atoms with Gasteiger partial charge in [-0.15, -0.1) is 0 Å². The van der Waals surface area contributed by atoms with Gasteiger partial charge in [0, 0.05) is 5.92 Å². The highest BCUT2D eigenvalue weighted by Gasteiger charge is 2.13. The van der Waals surface area contributed by atoms with Crippen molar-refractivity contribution in [2.75, 3.05) is 0 Å². The third-order valence-corrected chi connectivity index (χ3v) is 4.01. The molecule has 22 heavy (non-hydrogen) atoms. The molecule has 0 saturated carbocycles. The Morgan fingerprint density at radius 1 is 0.909 bits per heavy atom. The van der Waals surface area contributed by atoms with Gasteiger partial charge in [-0.1, -0.05) is 55.5 Å². The summed E-state index contributed by atoms with van der Waals surface area (Å²) >= 11 is 0. The van der Waals surface area contributed by atoms with E-state index in [-0.39, 0.29) is 17.2 Å². The van der Waals surface area contributed by atoms with Crippen LogP contribution in [0.4, 0.5) is 0 Å². The monoisotopic (exact) mass is 292 g/mol. The Balaban J connectivity index is 2.09. The molecule has 0 heterocycles. The minimum atomic E-state index is -1.12. The number of aromatic hydroxyl groups is 1. The maximum absolute atomic E-state index is 11.1. The van der Waals surface area contributed by atoms with Gasteiger partial charge in [-0.2, -0.15) is 0 Å². The summed E-state index contributed by atoms with van der Waals surface area (Å²) in [6.07, 6.45) is 0. The van der Waals surface area contributed by atoms with Gasteiger partial charge in [0.2, 0.25) is 0 Å². The van der Waals surface area contributed by atoms with Gasteiger partial charge in [0.1, 0.15) is 11.3 Å². The summed E-state index contributed by atoms with van der Waals surface area (Å²) in [4.78, 5) is 11.1. The van der Waals surface area contributed by atoms with E-state index in [1.165, 1.54) is 17.7 Å². The van der Waals surface area contributed by atoms with Gasteiger partial charge in [-0.05, 0) is 34.0 Å². The van der Waals surface area contributed by atoms with Gasteiger partial charge in [0.05, 0.1) is 0 Å². The van der Waals surface area contributed by atoms with Gasteiger partial charge in [-0.3, -0.25) is 0 Å². The molecule has 0 aliphatic carbocycles. The minimum absolute atomic E-state index is 0.0722. The van der Waals surface area contributed by atoms with Gasteiger partial charge in [0.15, 0.2) is 0 Å². The molecule has 3 aromatic carbocycles. The van der Waals surface area contributed by atoms with E-state index >= 15 is 0 Å². The molecule has 3 aromatic rings. The Bertz CT molecular complexity index is 838. The molecule has 1 atom stereocenters. The molecule has 0 aliphatic heterocycles. The second-order valence-electron chi connectivity index (χ2n) is 5.41. The first kappa shape index (κ1) is 14.1. The third kappa shape index (κ3) is 2.53. The quantitative estimate of drug-likeness (QED) is 0.752. The van der Waals surface area contributed by atoms with Crippen LogP contribution in [0.25, 0.3) is 10.8 Å². The normalized spacial score (nSPS) is 12.2. The minimum Gasteiger partial charge on any atom is -0.507 e. The highest BCUT2D eigenvalue weighted by atomic mass is 16.4. The summed E-state index contributed by atoms with van der Waals surface area (Å²) in [5, 5.41) is 20.5. The van der Waals surface area contributed by atoms with Crippen molar-refractivity contribution in [1.82, 2.24) is 0 Å². The number of hydrogen-bond acceptors (Lipinski definition) is 2. The number of benzene rings is 3. The summed E-state index contributed by atoms with van der Waals surface area (Å²) in [5.41, 5.74) is 2.25. The Morgan fingerprint density at radius 2 is 1.64 bits per heavy atom. The van der Waals surface area contributed by atoms with Crippen LogP contribution in [-0.4, -0.2) is 16.2 Å². The van der Waals surface area contributed by atoms with E-state index in [9.17, 15) is 9.90 Å². The van der Waals surface area contributed by atoms with Crippen molar-refractivity contribution < 1.29 is 15.0 Å². The largest absolute Gasteiger partial charge is 0.507 e. The van der Waals surface area contributed by atoms with Crippen LogP contribution in [0.2, 0.25) is 0 Å². The molecule has 0 amide bonds. The molecule has 0 spiro atoms. The number of carboxylic acid groups (broad SMARTS) is 1. The SMILES string of the molecule is CC(c1ccccc1)c1ccc2cc(O)c(C(=O)O)cc2c1. The summed E-state index contributed by atoms with van der Waals surface area (Å²) in [6.45, 7) is 2.12. The molecule has 3 nitrogen and oxygen atoms in total. The lowest BCUT2D eigenvalue weighted by Crippen LogP contribution is -1.98. The van der Waals surface area contributed by atoms with Crippen LogP contribution >= 0.6 is 0 Å². The zero-order valence-electron chi connectivity index (χ0n) is 12.2. The fourth-order valence-electron chi connectivity index (χ4n) is 2.68. The van der Waals surface area contributed by atoms with Crippen molar-refractivity contribution in [3.63, 3.8) is 0 Å². The molecule has 0 bridgehead atoms. The van der Waals surface area contributed by atoms with Crippen molar-refractivity contribution in [1.29, 1.82) is 0 Å². The van der Waals surface area contributed by atoms with E-state index < -0.39 is 5.97 Å². The number of carbonyl (C=O) groups is 1. The van der Waals surface area contributed by atoms with Crippen LogP contribution in [0.1, 0.15) is 34.3 Å². The smallest absolute Gasteiger partial charge is 0.339 e. The maximum Gasteiger partial charge on any atom is 0.339 e. The van der Waals surface area contributed by atoms with Gasteiger partial charge >= 0.3 is 5.97 Å². The second-order valence-corrected chi connectivity index (χ2v) is 5.41. The van der Waals surface area contributed by atoms with Crippen molar-refractivity contribution in [3.05, 3.63) is 77.4 Å². The number of phenols is 1. The van der Waals surface area contributed by atoms with Crippen molar-refractivity contribution in [2.24, 2.45) is 0 Å². The molecule has 0 saturated heterocycles. The lowest BCUT2D eigenvalue weighted by atomic mass is 9.91. The topological polar surface area (TPSA) is 57.5 Å². The fraction of sp³-hybridized carbons (Fsp3) is 0.105. The molecule has 2 N–H and O–H groups in total. The number of fused-ring (bicyclic) bond motifs is 1. The van der Waals surface area contributed by atoms with E-state index in [1.54, 1.807) is 0 Å². The zero-order chi connectivity index (χ0) is 15.7. The van der Waals surface area contributed by atoms with E-state index in [4.69, 9.17) is 5.11 Å². The molecular formula is C19H16O3. The maximum atomic E-state index is 11.1. The Labute approximate surface area is 128 Å². The van der Waals surface area contributed by atoms with Crippen LogP contribution in [0.5, 0.6) is 5.75 Å². The summed E-state index contributed by atoms with van der Waals surface area (Å²) < 4.78 is 0. The average Bonchev–Trinajstić information content (AvgIpc) is 2.53. The standard InChI is InChI=1S/C19H16O3/c1-12(13-5-3-2-4-6-13)14-7-8-15-11-18(20)17(19(21)22)10-16(15)9-14/h2-12,20H,1H3,(H,21,22). The number of carboxylic acids is 1. The van der Waals surface area contributed by atoms with Crippen LogP contribution in [0.15, 0.2) is 60.7 Å². The molecular weight excluding hydrogens is 276 g/mol. The fourth-order valence-corrected chi connectivity index (χ4v) is 2.68. The number of rotatable bonds is 3. The predicted octanol–water partition coefficient (Wildman–Crippen LogP) is 4.40. The zero-order valence-corrected chi connectivity index (χ0v) is 12.2. The summed E-state index contributed by atoms with van der Waals surface area (Å²) in [6, 6.07) is 19.1. The van der Waals surface area contributed by atoms with Crippen molar-refractivity contribution in [3.8, 4) is 5.75 Å². The van der Waals surface area contributed by atoms with Crippen molar-refractivity contribution >= 4 is 16.7 Å². The number of aromatic carboxylic acids is 1. The van der Waals surface area contributed by atoms with E-state index in [2.05, 4.69) is 19.1 Å². The van der Waals surface area contributed by atoms with E-state index in [0.29, 0.717) is 0 Å². The molecule has 0 radical (unpaired) electrons. The van der Waals surface area contributed by atoms with Gasteiger partial charge in [-0.25, -0.2) is 4.79 Å². The van der Waals surface area contributed by atoms with Crippen LogP contribution in [-0.2, 0) is 0 Å². The summed E-state index contributed by atoms with van der Waals surface area (Å²) in [7, 11) is 0. The molecule has 0 aromatic heterocycles. The van der Waals surface area contributed by atoms with Gasteiger partial charge in [0.25, 0.3) is 0 Å². The van der Waals surface area contributed by atoms with Crippen molar-refractivity contribution in [2.45, 2.75) is 12.8 Å². The Hall–Kier alpha value is -2.81.